The first-order valence-electron chi connectivity index (χ1n) is 6.48. The van der Waals surface area contributed by atoms with Crippen LogP contribution in [0.5, 0.6) is 0 Å². The number of nitrogens with zero attached hydrogens (tertiary/aromatic N) is 1. The number of hydrogen-bond donors (Lipinski definition) is 2. The van der Waals surface area contributed by atoms with Crippen LogP contribution in [-0.2, 0) is 0 Å². The first-order valence-corrected chi connectivity index (χ1v) is 6.48. The maximum atomic E-state index is 14.0. The molecule has 1 aliphatic rings. The third kappa shape index (κ3) is 2.50. The number of benzene rings is 1. The molecule has 2 aromatic rings. The number of halogens is 1. The van der Waals surface area contributed by atoms with Crippen molar-refractivity contribution in [3.63, 3.8) is 0 Å². The smallest absolute Gasteiger partial charge is 0.128 e. The fourth-order valence-corrected chi connectivity index (χ4v) is 2.54. The van der Waals surface area contributed by atoms with E-state index in [1.54, 1.807) is 12.3 Å². The number of rotatable bonds is 2. The second kappa shape index (κ2) is 5.47. The van der Waals surface area contributed by atoms with Gasteiger partial charge < -0.3 is 10.6 Å². The monoisotopic (exact) mass is 257 g/mol. The lowest BCUT2D eigenvalue weighted by atomic mass is 9.94. The van der Waals surface area contributed by atoms with E-state index < -0.39 is 0 Å². The van der Waals surface area contributed by atoms with Crippen LogP contribution in [0.2, 0.25) is 0 Å². The molecule has 98 valence electrons. The molecule has 1 aromatic heterocycles. The summed E-state index contributed by atoms with van der Waals surface area (Å²) in [6.07, 6.45) is 1.77. The average molecular weight is 257 g/mol. The zero-order chi connectivity index (χ0) is 13.1. The van der Waals surface area contributed by atoms with E-state index in [9.17, 15) is 4.39 Å². The quantitative estimate of drug-likeness (QED) is 0.866. The molecule has 0 amide bonds. The van der Waals surface area contributed by atoms with E-state index in [-0.39, 0.29) is 17.9 Å². The number of aromatic nitrogens is 1. The van der Waals surface area contributed by atoms with Crippen LogP contribution in [0.15, 0.2) is 48.7 Å². The number of piperazine rings is 1. The predicted molar refractivity (Wildman–Crippen MR) is 72.1 cm³/mol. The van der Waals surface area contributed by atoms with Crippen LogP contribution in [0.1, 0.15) is 23.3 Å². The van der Waals surface area contributed by atoms with E-state index in [2.05, 4.69) is 15.6 Å². The molecule has 19 heavy (non-hydrogen) atoms. The van der Waals surface area contributed by atoms with Gasteiger partial charge in [0.2, 0.25) is 0 Å². The van der Waals surface area contributed by atoms with E-state index in [1.165, 1.54) is 6.07 Å². The van der Waals surface area contributed by atoms with Crippen molar-refractivity contribution in [3.8, 4) is 0 Å². The zero-order valence-electron chi connectivity index (χ0n) is 10.5. The molecule has 0 spiro atoms. The topological polar surface area (TPSA) is 37.0 Å². The molecule has 1 saturated heterocycles. The van der Waals surface area contributed by atoms with Gasteiger partial charge in [-0.1, -0.05) is 24.3 Å². The molecule has 2 atom stereocenters. The van der Waals surface area contributed by atoms with Crippen molar-refractivity contribution < 1.29 is 4.39 Å². The van der Waals surface area contributed by atoms with Crippen LogP contribution in [-0.4, -0.2) is 18.1 Å². The van der Waals surface area contributed by atoms with Gasteiger partial charge in [-0.05, 0) is 18.2 Å². The Morgan fingerprint density at radius 2 is 1.68 bits per heavy atom. The SMILES string of the molecule is Fc1ccccc1C1NCCNC1c1ccccn1. The summed E-state index contributed by atoms with van der Waals surface area (Å²) in [5.41, 5.74) is 1.62. The summed E-state index contributed by atoms with van der Waals surface area (Å²) >= 11 is 0. The molecule has 0 radical (unpaired) electrons. The van der Waals surface area contributed by atoms with Gasteiger partial charge in [-0.3, -0.25) is 4.98 Å². The second-order valence-electron chi connectivity index (χ2n) is 4.64. The molecule has 0 bridgehead atoms. The maximum absolute atomic E-state index is 14.0. The van der Waals surface area contributed by atoms with Crippen LogP contribution in [0.4, 0.5) is 4.39 Å². The van der Waals surface area contributed by atoms with E-state index in [4.69, 9.17) is 0 Å². The lowest BCUT2D eigenvalue weighted by Crippen LogP contribution is -2.45. The van der Waals surface area contributed by atoms with Crippen LogP contribution in [0.25, 0.3) is 0 Å². The minimum atomic E-state index is -0.176. The van der Waals surface area contributed by atoms with Gasteiger partial charge in [-0.25, -0.2) is 4.39 Å². The van der Waals surface area contributed by atoms with Gasteiger partial charge in [0.15, 0.2) is 0 Å². The molecule has 0 aliphatic carbocycles. The highest BCUT2D eigenvalue weighted by atomic mass is 19.1. The van der Waals surface area contributed by atoms with Gasteiger partial charge in [0.05, 0.1) is 17.8 Å². The molecule has 2 unspecified atom stereocenters. The standard InChI is InChI=1S/C15H16FN3/c16-12-6-2-1-5-11(12)14-15(19-10-9-18-14)13-7-3-4-8-17-13/h1-8,14-15,18-19H,9-10H2. The molecule has 1 aromatic carbocycles. The largest absolute Gasteiger partial charge is 0.307 e. The van der Waals surface area contributed by atoms with Crippen molar-refractivity contribution >= 4 is 0 Å². The fourth-order valence-electron chi connectivity index (χ4n) is 2.54. The Morgan fingerprint density at radius 1 is 0.947 bits per heavy atom. The molecular formula is C15H16FN3. The Kier molecular flexibility index (Phi) is 3.53. The van der Waals surface area contributed by atoms with Crippen molar-refractivity contribution in [2.75, 3.05) is 13.1 Å². The van der Waals surface area contributed by atoms with Crippen molar-refractivity contribution in [3.05, 3.63) is 65.7 Å². The summed E-state index contributed by atoms with van der Waals surface area (Å²) in [6.45, 7) is 1.68. The highest BCUT2D eigenvalue weighted by Crippen LogP contribution is 2.30. The van der Waals surface area contributed by atoms with Crippen molar-refractivity contribution in [2.24, 2.45) is 0 Å². The second-order valence-corrected chi connectivity index (χ2v) is 4.64. The maximum Gasteiger partial charge on any atom is 0.128 e. The van der Waals surface area contributed by atoms with Crippen LogP contribution in [0, 0.1) is 5.82 Å². The van der Waals surface area contributed by atoms with Crippen LogP contribution >= 0.6 is 0 Å². The zero-order valence-corrected chi connectivity index (χ0v) is 10.5. The average Bonchev–Trinajstić information content (AvgIpc) is 2.49. The Hall–Kier alpha value is -1.78. The molecule has 4 heteroatoms. The fraction of sp³-hybridized carbons (Fsp3) is 0.267. The molecule has 1 fully saturated rings. The van der Waals surface area contributed by atoms with Gasteiger partial charge in [0.1, 0.15) is 5.82 Å². The minimum absolute atomic E-state index is 0.00755. The third-order valence-corrected chi connectivity index (χ3v) is 3.43. The summed E-state index contributed by atoms with van der Waals surface area (Å²) in [5.74, 6) is -0.176. The first kappa shape index (κ1) is 12.3. The van der Waals surface area contributed by atoms with Crippen molar-refractivity contribution in [2.45, 2.75) is 12.1 Å². The Bertz CT molecular complexity index is 544. The first-order chi connectivity index (χ1) is 9.36. The molecule has 3 rings (SSSR count). The summed E-state index contributed by atoms with van der Waals surface area (Å²) in [4.78, 5) is 4.38. The lowest BCUT2D eigenvalue weighted by molar-refractivity contribution is 0.320. The van der Waals surface area contributed by atoms with Crippen molar-refractivity contribution in [1.29, 1.82) is 0 Å². The van der Waals surface area contributed by atoms with E-state index in [1.807, 2.05) is 30.3 Å². The van der Waals surface area contributed by atoms with Gasteiger partial charge >= 0.3 is 0 Å². The Balaban J connectivity index is 1.96. The predicted octanol–water partition coefficient (Wildman–Crippen LogP) is 2.20. The number of pyridine rings is 1. The Morgan fingerprint density at radius 3 is 2.42 bits per heavy atom. The molecule has 3 nitrogen and oxygen atoms in total. The van der Waals surface area contributed by atoms with Crippen LogP contribution in [0.3, 0.4) is 0 Å². The molecule has 1 aliphatic heterocycles. The minimum Gasteiger partial charge on any atom is -0.307 e. The lowest BCUT2D eigenvalue weighted by Gasteiger charge is -2.33. The van der Waals surface area contributed by atoms with E-state index >= 15 is 0 Å². The van der Waals surface area contributed by atoms with Gasteiger partial charge in [0, 0.05) is 24.8 Å². The van der Waals surface area contributed by atoms with Gasteiger partial charge in [0.25, 0.3) is 0 Å². The highest BCUT2D eigenvalue weighted by Gasteiger charge is 2.29. The van der Waals surface area contributed by atoms with Crippen molar-refractivity contribution in [1.82, 2.24) is 15.6 Å². The van der Waals surface area contributed by atoms with Crippen LogP contribution < -0.4 is 10.6 Å². The molecule has 0 saturated carbocycles. The highest BCUT2D eigenvalue weighted by molar-refractivity contribution is 5.26. The number of nitrogens with one attached hydrogen (secondary N) is 2. The Labute approximate surface area is 111 Å². The normalized spacial score (nSPS) is 23.2. The van der Waals surface area contributed by atoms with Gasteiger partial charge in [-0.2, -0.15) is 0 Å². The van der Waals surface area contributed by atoms with Gasteiger partial charge in [-0.15, -0.1) is 0 Å². The summed E-state index contributed by atoms with van der Waals surface area (Å²) in [7, 11) is 0. The molecule has 2 heterocycles. The molecular weight excluding hydrogens is 241 g/mol. The molecule has 2 N–H and O–H groups in total. The van der Waals surface area contributed by atoms with E-state index in [0.29, 0.717) is 5.56 Å². The van der Waals surface area contributed by atoms with E-state index in [0.717, 1.165) is 18.8 Å². The summed E-state index contributed by atoms with van der Waals surface area (Å²) in [6, 6.07) is 12.6. The number of hydrogen-bond acceptors (Lipinski definition) is 3. The summed E-state index contributed by atoms with van der Waals surface area (Å²) < 4.78 is 14.0. The third-order valence-electron chi connectivity index (χ3n) is 3.43. The summed E-state index contributed by atoms with van der Waals surface area (Å²) in [5, 5.41) is 6.80.